The molecule has 5 nitrogen and oxygen atoms in total. The molecule has 3 rings (SSSR count). The Labute approximate surface area is 151 Å². The molecular formula is C19H22N2O3S. The maximum Gasteiger partial charge on any atom is 0.314 e. The van der Waals surface area contributed by atoms with Gasteiger partial charge in [-0.3, -0.25) is 9.59 Å². The van der Waals surface area contributed by atoms with E-state index in [0.29, 0.717) is 32.4 Å². The number of piperidine rings is 1. The molecule has 1 saturated heterocycles. The molecule has 1 aliphatic heterocycles. The van der Waals surface area contributed by atoms with E-state index in [1.165, 1.54) is 0 Å². The molecule has 0 bridgehead atoms. The third-order valence-electron chi connectivity index (χ3n) is 4.94. The van der Waals surface area contributed by atoms with Gasteiger partial charge in [-0.1, -0.05) is 37.3 Å². The number of carbonyl (C=O) groups is 2. The van der Waals surface area contributed by atoms with E-state index in [1.54, 1.807) is 16.2 Å². The van der Waals surface area contributed by atoms with Gasteiger partial charge in [0.05, 0.1) is 22.5 Å². The lowest BCUT2D eigenvalue weighted by Crippen LogP contribution is -2.49. The van der Waals surface area contributed by atoms with E-state index in [2.05, 4.69) is 4.98 Å². The van der Waals surface area contributed by atoms with Gasteiger partial charge < -0.3 is 10.0 Å². The van der Waals surface area contributed by atoms with E-state index >= 15 is 0 Å². The molecule has 25 heavy (non-hydrogen) atoms. The lowest BCUT2D eigenvalue weighted by molar-refractivity contribution is -0.148. The Kier molecular flexibility index (Phi) is 5.18. The van der Waals surface area contributed by atoms with Crippen molar-refractivity contribution in [1.82, 2.24) is 9.88 Å². The van der Waals surface area contributed by atoms with E-state index in [1.807, 2.05) is 42.6 Å². The first kappa shape index (κ1) is 17.6. The van der Waals surface area contributed by atoms with Crippen LogP contribution < -0.4 is 0 Å². The van der Waals surface area contributed by atoms with Crippen LogP contribution in [0, 0.1) is 0 Å². The molecule has 0 aliphatic carbocycles. The molecule has 0 radical (unpaired) electrons. The highest BCUT2D eigenvalue weighted by molar-refractivity contribution is 7.09. The Bertz CT molecular complexity index is 749. The third kappa shape index (κ3) is 3.58. The summed E-state index contributed by atoms with van der Waals surface area (Å²) in [6, 6.07) is 9.35. The predicted molar refractivity (Wildman–Crippen MR) is 96.8 cm³/mol. The van der Waals surface area contributed by atoms with Crippen LogP contribution in [0.1, 0.15) is 36.0 Å². The van der Waals surface area contributed by atoms with Gasteiger partial charge in [0.2, 0.25) is 5.91 Å². The normalized spacial score (nSPS) is 16.6. The fourth-order valence-electron chi connectivity index (χ4n) is 3.38. The second kappa shape index (κ2) is 7.35. The number of hydrogen-bond acceptors (Lipinski definition) is 4. The number of amides is 1. The number of carbonyl (C=O) groups excluding carboxylic acids is 1. The molecular weight excluding hydrogens is 336 g/mol. The molecule has 0 saturated carbocycles. The average Bonchev–Trinajstić information content (AvgIpc) is 3.10. The van der Waals surface area contributed by atoms with Crippen LogP contribution in [0.15, 0.2) is 35.7 Å². The minimum Gasteiger partial charge on any atom is -0.481 e. The lowest BCUT2D eigenvalue weighted by atomic mass is 9.73. The molecule has 132 valence electrons. The Morgan fingerprint density at radius 1 is 1.24 bits per heavy atom. The second-order valence-electron chi connectivity index (χ2n) is 6.40. The second-order valence-corrected chi connectivity index (χ2v) is 7.34. The van der Waals surface area contributed by atoms with Gasteiger partial charge in [-0.05, 0) is 24.8 Å². The quantitative estimate of drug-likeness (QED) is 0.892. The Morgan fingerprint density at radius 3 is 2.48 bits per heavy atom. The van der Waals surface area contributed by atoms with Crippen LogP contribution in [0.4, 0.5) is 0 Å². The van der Waals surface area contributed by atoms with E-state index < -0.39 is 11.4 Å². The molecule has 1 amide bonds. The molecule has 1 fully saturated rings. The summed E-state index contributed by atoms with van der Waals surface area (Å²) in [5.74, 6) is -0.780. The number of nitrogens with zero attached hydrogens (tertiary/aromatic N) is 2. The first-order chi connectivity index (χ1) is 12.0. The van der Waals surface area contributed by atoms with Crippen molar-refractivity contribution >= 4 is 23.2 Å². The molecule has 0 spiro atoms. The molecule has 1 aromatic carbocycles. The van der Waals surface area contributed by atoms with Crippen molar-refractivity contribution in [2.75, 3.05) is 13.1 Å². The fourth-order valence-corrected chi connectivity index (χ4v) is 4.13. The summed E-state index contributed by atoms with van der Waals surface area (Å²) < 4.78 is 0. The summed E-state index contributed by atoms with van der Waals surface area (Å²) in [5, 5.41) is 12.8. The van der Waals surface area contributed by atoms with Crippen LogP contribution in [-0.4, -0.2) is 40.0 Å². The molecule has 0 unspecified atom stereocenters. The van der Waals surface area contributed by atoms with Gasteiger partial charge in [-0.25, -0.2) is 4.98 Å². The standard InChI is InChI=1S/C19H22N2O3S/c1-2-16-20-15(13-25-16)12-17(22)21-10-8-19(9-11-21,18(23)24)14-6-4-3-5-7-14/h3-7,13H,2,8-12H2,1H3,(H,23,24). The number of hydrogen-bond donors (Lipinski definition) is 1. The summed E-state index contributed by atoms with van der Waals surface area (Å²) in [7, 11) is 0. The first-order valence-electron chi connectivity index (χ1n) is 8.55. The SMILES string of the molecule is CCc1nc(CC(=O)N2CCC(C(=O)O)(c3ccccc3)CC2)cs1. The van der Waals surface area contributed by atoms with Gasteiger partial charge in [0.25, 0.3) is 0 Å². The minimum absolute atomic E-state index is 0.0278. The Balaban J connectivity index is 1.67. The average molecular weight is 358 g/mol. The number of likely N-dealkylation sites (tertiary alicyclic amines) is 1. The van der Waals surface area contributed by atoms with Crippen molar-refractivity contribution in [3.8, 4) is 0 Å². The van der Waals surface area contributed by atoms with E-state index in [4.69, 9.17) is 0 Å². The molecule has 1 aromatic heterocycles. The summed E-state index contributed by atoms with van der Waals surface area (Å²) in [6.07, 6.45) is 2.05. The fraction of sp³-hybridized carbons (Fsp3) is 0.421. The van der Waals surface area contributed by atoms with Crippen molar-refractivity contribution in [2.24, 2.45) is 0 Å². The van der Waals surface area contributed by atoms with E-state index in [0.717, 1.165) is 22.7 Å². The third-order valence-corrected chi connectivity index (χ3v) is 5.98. The zero-order valence-corrected chi connectivity index (χ0v) is 15.1. The highest BCUT2D eigenvalue weighted by atomic mass is 32.1. The summed E-state index contributed by atoms with van der Waals surface area (Å²) in [4.78, 5) is 30.7. The summed E-state index contributed by atoms with van der Waals surface area (Å²) >= 11 is 1.58. The molecule has 1 N–H and O–H groups in total. The lowest BCUT2D eigenvalue weighted by Gasteiger charge is -2.39. The number of aryl methyl sites for hydroxylation is 1. The van der Waals surface area contributed by atoms with Gasteiger partial charge in [-0.2, -0.15) is 0 Å². The van der Waals surface area contributed by atoms with Gasteiger partial charge in [-0.15, -0.1) is 11.3 Å². The molecule has 2 aromatic rings. The number of carboxylic acids is 1. The predicted octanol–water partition coefficient (Wildman–Crippen LogP) is 2.89. The van der Waals surface area contributed by atoms with Gasteiger partial charge >= 0.3 is 5.97 Å². The van der Waals surface area contributed by atoms with E-state index in [-0.39, 0.29) is 5.91 Å². The maximum absolute atomic E-state index is 12.5. The maximum atomic E-state index is 12.5. The highest BCUT2D eigenvalue weighted by Crippen LogP contribution is 2.36. The number of thiazole rings is 1. The van der Waals surface area contributed by atoms with Crippen LogP contribution in [-0.2, 0) is 27.8 Å². The monoisotopic (exact) mass is 358 g/mol. The van der Waals surface area contributed by atoms with Crippen molar-refractivity contribution in [2.45, 2.75) is 38.0 Å². The largest absolute Gasteiger partial charge is 0.481 e. The number of carboxylic acid groups (broad SMARTS) is 1. The molecule has 6 heteroatoms. The topological polar surface area (TPSA) is 70.5 Å². The molecule has 1 aliphatic rings. The first-order valence-corrected chi connectivity index (χ1v) is 9.43. The zero-order chi connectivity index (χ0) is 17.9. The van der Waals surface area contributed by atoms with Crippen LogP contribution in [0.5, 0.6) is 0 Å². The van der Waals surface area contributed by atoms with Gasteiger partial charge in [0.15, 0.2) is 0 Å². The van der Waals surface area contributed by atoms with Crippen molar-refractivity contribution in [3.05, 3.63) is 52.0 Å². The van der Waals surface area contributed by atoms with Crippen LogP contribution in [0.25, 0.3) is 0 Å². The van der Waals surface area contributed by atoms with Crippen molar-refractivity contribution in [1.29, 1.82) is 0 Å². The van der Waals surface area contributed by atoms with Gasteiger partial charge in [0, 0.05) is 18.5 Å². The number of aliphatic carboxylic acids is 1. The Morgan fingerprint density at radius 2 is 1.92 bits per heavy atom. The van der Waals surface area contributed by atoms with Crippen molar-refractivity contribution in [3.63, 3.8) is 0 Å². The van der Waals surface area contributed by atoms with Crippen LogP contribution in [0.2, 0.25) is 0 Å². The highest BCUT2D eigenvalue weighted by Gasteiger charge is 2.43. The smallest absolute Gasteiger partial charge is 0.314 e. The van der Waals surface area contributed by atoms with Crippen LogP contribution >= 0.6 is 11.3 Å². The molecule has 0 atom stereocenters. The molecule has 2 heterocycles. The van der Waals surface area contributed by atoms with E-state index in [9.17, 15) is 14.7 Å². The minimum atomic E-state index is -0.895. The van der Waals surface area contributed by atoms with Gasteiger partial charge in [0.1, 0.15) is 0 Å². The van der Waals surface area contributed by atoms with Crippen molar-refractivity contribution < 1.29 is 14.7 Å². The number of benzene rings is 1. The number of aromatic nitrogens is 1. The summed E-state index contributed by atoms with van der Waals surface area (Å²) in [5.41, 5.74) is 0.736. The zero-order valence-electron chi connectivity index (χ0n) is 14.3. The Hall–Kier alpha value is -2.21. The summed E-state index contributed by atoms with van der Waals surface area (Å²) in [6.45, 7) is 2.97. The number of rotatable bonds is 5. The van der Waals surface area contributed by atoms with Crippen LogP contribution in [0.3, 0.4) is 0 Å².